The Kier molecular flexibility index (Phi) is 5.28. The summed E-state index contributed by atoms with van der Waals surface area (Å²) in [5.41, 5.74) is 2.16. The fraction of sp³-hybridized carbons (Fsp3) is 0.267. The number of rotatable bonds is 4. The third-order valence-corrected chi connectivity index (χ3v) is 4.12. The summed E-state index contributed by atoms with van der Waals surface area (Å²) in [5.74, 6) is 0. The standard InChI is InChI=1S/C15H15Cl3N2/c1-10(11-3-6-13(16)7-4-11)20(2)9-12-5-8-14(17)19-15(12)18/h3-8,10H,9H2,1-2H3. The van der Waals surface area contributed by atoms with Crippen molar-refractivity contribution in [2.75, 3.05) is 7.05 Å². The van der Waals surface area contributed by atoms with Crippen molar-refractivity contribution in [1.82, 2.24) is 9.88 Å². The van der Waals surface area contributed by atoms with Crippen LogP contribution in [0.5, 0.6) is 0 Å². The van der Waals surface area contributed by atoms with Gasteiger partial charge in [0, 0.05) is 23.2 Å². The summed E-state index contributed by atoms with van der Waals surface area (Å²) in [5, 5.41) is 1.60. The molecule has 0 aliphatic rings. The second-order valence-corrected chi connectivity index (χ2v) is 5.91. The lowest BCUT2D eigenvalue weighted by Gasteiger charge is -2.25. The van der Waals surface area contributed by atoms with E-state index in [1.807, 2.05) is 37.4 Å². The van der Waals surface area contributed by atoms with Gasteiger partial charge in [-0.15, -0.1) is 0 Å². The second-order valence-electron chi connectivity index (χ2n) is 4.73. The molecule has 0 aliphatic heterocycles. The summed E-state index contributed by atoms with van der Waals surface area (Å²) < 4.78 is 0. The van der Waals surface area contributed by atoms with Crippen LogP contribution in [0.4, 0.5) is 0 Å². The van der Waals surface area contributed by atoms with Gasteiger partial charge in [0.1, 0.15) is 10.3 Å². The van der Waals surface area contributed by atoms with E-state index in [0.717, 1.165) is 10.6 Å². The molecular formula is C15H15Cl3N2. The maximum atomic E-state index is 6.11. The summed E-state index contributed by atoms with van der Waals surface area (Å²) in [7, 11) is 2.05. The zero-order valence-corrected chi connectivity index (χ0v) is 13.5. The topological polar surface area (TPSA) is 16.1 Å². The van der Waals surface area contributed by atoms with Crippen LogP contribution in [0.2, 0.25) is 15.3 Å². The van der Waals surface area contributed by atoms with E-state index in [1.54, 1.807) is 6.07 Å². The Bertz CT molecular complexity index is 584. The summed E-state index contributed by atoms with van der Waals surface area (Å²) in [6.07, 6.45) is 0. The van der Waals surface area contributed by atoms with Crippen LogP contribution < -0.4 is 0 Å². The molecule has 2 rings (SSSR count). The molecule has 5 heteroatoms. The number of benzene rings is 1. The molecule has 0 N–H and O–H groups in total. The Morgan fingerprint density at radius 2 is 1.70 bits per heavy atom. The Labute approximate surface area is 134 Å². The van der Waals surface area contributed by atoms with Gasteiger partial charge in [-0.2, -0.15) is 0 Å². The van der Waals surface area contributed by atoms with Crippen LogP contribution in [0.3, 0.4) is 0 Å². The molecule has 1 unspecified atom stereocenters. The minimum Gasteiger partial charge on any atom is -0.295 e. The highest BCUT2D eigenvalue weighted by Crippen LogP contribution is 2.24. The smallest absolute Gasteiger partial charge is 0.135 e. The Morgan fingerprint density at radius 3 is 2.30 bits per heavy atom. The lowest BCUT2D eigenvalue weighted by atomic mass is 10.1. The predicted molar refractivity (Wildman–Crippen MR) is 85.6 cm³/mol. The summed E-state index contributed by atoms with van der Waals surface area (Å²) in [6.45, 7) is 2.84. The maximum absolute atomic E-state index is 6.11. The average molecular weight is 330 g/mol. The Morgan fingerprint density at radius 1 is 1.05 bits per heavy atom. The first-order valence-corrected chi connectivity index (χ1v) is 7.37. The number of hydrogen-bond acceptors (Lipinski definition) is 2. The zero-order valence-electron chi connectivity index (χ0n) is 11.3. The SMILES string of the molecule is CC(c1ccc(Cl)cc1)N(C)Cc1ccc(Cl)nc1Cl. The largest absolute Gasteiger partial charge is 0.295 e. The van der Waals surface area contributed by atoms with E-state index in [0.29, 0.717) is 16.9 Å². The van der Waals surface area contributed by atoms with E-state index in [9.17, 15) is 0 Å². The summed E-state index contributed by atoms with van der Waals surface area (Å²) in [4.78, 5) is 6.25. The monoisotopic (exact) mass is 328 g/mol. The predicted octanol–water partition coefficient (Wildman–Crippen LogP) is 5.23. The highest BCUT2D eigenvalue weighted by Gasteiger charge is 2.14. The van der Waals surface area contributed by atoms with E-state index in [2.05, 4.69) is 16.8 Å². The van der Waals surface area contributed by atoms with E-state index in [-0.39, 0.29) is 6.04 Å². The Balaban J connectivity index is 2.11. The molecule has 1 atom stereocenters. The first kappa shape index (κ1) is 15.6. The lowest BCUT2D eigenvalue weighted by molar-refractivity contribution is 0.253. The molecule has 0 saturated carbocycles. The second kappa shape index (κ2) is 6.77. The number of halogens is 3. The molecule has 0 aliphatic carbocycles. The maximum Gasteiger partial charge on any atom is 0.135 e. The van der Waals surface area contributed by atoms with Gasteiger partial charge in [-0.05, 0) is 37.7 Å². The lowest BCUT2D eigenvalue weighted by Crippen LogP contribution is -2.22. The van der Waals surface area contributed by atoms with Gasteiger partial charge in [-0.3, -0.25) is 4.90 Å². The van der Waals surface area contributed by atoms with Crippen molar-refractivity contribution in [2.45, 2.75) is 19.5 Å². The number of hydrogen-bond donors (Lipinski definition) is 0. The molecule has 0 radical (unpaired) electrons. The molecule has 0 spiro atoms. The molecule has 20 heavy (non-hydrogen) atoms. The molecule has 106 valence electrons. The van der Waals surface area contributed by atoms with Crippen molar-refractivity contribution in [3.05, 3.63) is 62.9 Å². The van der Waals surface area contributed by atoms with Crippen LogP contribution in [0.15, 0.2) is 36.4 Å². The minimum absolute atomic E-state index is 0.249. The van der Waals surface area contributed by atoms with Crippen molar-refractivity contribution in [3.8, 4) is 0 Å². The highest BCUT2D eigenvalue weighted by atomic mass is 35.5. The summed E-state index contributed by atoms with van der Waals surface area (Å²) >= 11 is 17.8. The van der Waals surface area contributed by atoms with Crippen LogP contribution in [0.1, 0.15) is 24.1 Å². The molecule has 0 saturated heterocycles. The highest BCUT2D eigenvalue weighted by molar-refractivity contribution is 6.32. The summed E-state index contributed by atoms with van der Waals surface area (Å²) in [6, 6.07) is 11.8. The van der Waals surface area contributed by atoms with Gasteiger partial charge in [0.15, 0.2) is 0 Å². The molecule has 2 aromatic rings. The van der Waals surface area contributed by atoms with Gasteiger partial charge in [-0.1, -0.05) is 53.0 Å². The van der Waals surface area contributed by atoms with Crippen molar-refractivity contribution < 1.29 is 0 Å². The molecule has 2 nitrogen and oxygen atoms in total. The van der Waals surface area contributed by atoms with Gasteiger partial charge >= 0.3 is 0 Å². The van der Waals surface area contributed by atoms with Crippen molar-refractivity contribution in [3.63, 3.8) is 0 Å². The van der Waals surface area contributed by atoms with E-state index < -0.39 is 0 Å². The van der Waals surface area contributed by atoms with Crippen molar-refractivity contribution >= 4 is 34.8 Å². The Hall–Kier alpha value is -0.800. The van der Waals surface area contributed by atoms with Crippen molar-refractivity contribution in [1.29, 1.82) is 0 Å². The molecule has 0 bridgehead atoms. The van der Waals surface area contributed by atoms with Crippen molar-refractivity contribution in [2.24, 2.45) is 0 Å². The van der Waals surface area contributed by atoms with Gasteiger partial charge < -0.3 is 0 Å². The van der Waals surface area contributed by atoms with Crippen LogP contribution in [-0.4, -0.2) is 16.9 Å². The van der Waals surface area contributed by atoms with E-state index in [1.165, 1.54) is 5.56 Å². The minimum atomic E-state index is 0.249. The van der Waals surface area contributed by atoms with Crippen LogP contribution in [0.25, 0.3) is 0 Å². The van der Waals surface area contributed by atoms with Crippen LogP contribution in [0, 0.1) is 0 Å². The molecule has 1 heterocycles. The molecule has 1 aromatic carbocycles. The number of pyridine rings is 1. The normalized spacial score (nSPS) is 12.7. The molecular weight excluding hydrogens is 315 g/mol. The van der Waals surface area contributed by atoms with Crippen LogP contribution >= 0.6 is 34.8 Å². The van der Waals surface area contributed by atoms with Gasteiger partial charge in [0.2, 0.25) is 0 Å². The van der Waals surface area contributed by atoms with Gasteiger partial charge in [0.05, 0.1) is 0 Å². The first-order chi connectivity index (χ1) is 9.47. The molecule has 1 aromatic heterocycles. The third kappa shape index (κ3) is 3.86. The first-order valence-electron chi connectivity index (χ1n) is 6.24. The number of nitrogens with zero attached hydrogens (tertiary/aromatic N) is 2. The quantitative estimate of drug-likeness (QED) is 0.714. The molecule has 0 amide bonds. The number of aromatic nitrogens is 1. The van der Waals surface area contributed by atoms with Crippen LogP contribution in [-0.2, 0) is 6.54 Å². The van der Waals surface area contributed by atoms with E-state index >= 15 is 0 Å². The third-order valence-electron chi connectivity index (χ3n) is 3.33. The van der Waals surface area contributed by atoms with E-state index in [4.69, 9.17) is 34.8 Å². The average Bonchev–Trinajstić information content (AvgIpc) is 2.42. The molecule has 0 fully saturated rings. The fourth-order valence-corrected chi connectivity index (χ4v) is 2.49. The zero-order chi connectivity index (χ0) is 14.7. The van der Waals surface area contributed by atoms with Gasteiger partial charge in [-0.25, -0.2) is 4.98 Å². The fourth-order valence-electron chi connectivity index (χ4n) is 1.96. The van der Waals surface area contributed by atoms with Gasteiger partial charge in [0.25, 0.3) is 0 Å².